The van der Waals surface area contributed by atoms with E-state index in [0.717, 1.165) is 24.0 Å². The molecule has 1 atom stereocenters. The first kappa shape index (κ1) is 15.1. The molecule has 120 valence electrons. The Morgan fingerprint density at radius 3 is 2.71 bits per heavy atom. The number of hydrogen-bond acceptors (Lipinski definition) is 2. The molecule has 4 heteroatoms. The number of amides is 1. The highest BCUT2D eigenvalue weighted by Crippen LogP contribution is 2.33. The van der Waals surface area contributed by atoms with E-state index in [-0.39, 0.29) is 17.8 Å². The standard InChI is InChI=1S/C20H16FNOS/c21-15-8-5-14(6-9-15)17-11-12-24-19(17)20(23)22-18-10-7-13-3-1-2-4-16(13)18/h1-6,8-9,11-12,18H,7,10H2,(H,22,23)/t18-/m1/s1. The number of hydrogen-bond donors (Lipinski definition) is 1. The first-order valence-corrected chi connectivity index (χ1v) is 8.82. The maximum atomic E-state index is 13.1. The number of fused-ring (bicyclic) bond motifs is 1. The summed E-state index contributed by atoms with van der Waals surface area (Å²) in [6.07, 6.45) is 1.93. The largest absolute Gasteiger partial charge is 0.344 e. The molecule has 2 aromatic carbocycles. The van der Waals surface area contributed by atoms with Crippen LogP contribution in [0.1, 0.15) is 33.3 Å². The number of thiophene rings is 1. The second-order valence-corrected chi connectivity index (χ2v) is 6.85. The Labute approximate surface area is 144 Å². The first-order chi connectivity index (χ1) is 11.7. The van der Waals surface area contributed by atoms with Gasteiger partial charge < -0.3 is 5.32 Å². The van der Waals surface area contributed by atoms with Gasteiger partial charge in [-0.2, -0.15) is 0 Å². The highest BCUT2D eigenvalue weighted by Gasteiger charge is 2.25. The highest BCUT2D eigenvalue weighted by atomic mass is 32.1. The van der Waals surface area contributed by atoms with Crippen molar-refractivity contribution >= 4 is 17.2 Å². The predicted molar refractivity (Wildman–Crippen MR) is 94.7 cm³/mol. The quantitative estimate of drug-likeness (QED) is 0.718. The molecule has 1 amide bonds. The van der Waals surface area contributed by atoms with Gasteiger partial charge in [-0.15, -0.1) is 11.3 Å². The Hall–Kier alpha value is -2.46. The normalized spacial score (nSPS) is 16.0. The summed E-state index contributed by atoms with van der Waals surface area (Å²) in [6, 6.07) is 16.5. The third-order valence-electron chi connectivity index (χ3n) is 4.46. The van der Waals surface area contributed by atoms with Crippen LogP contribution in [-0.2, 0) is 6.42 Å². The summed E-state index contributed by atoms with van der Waals surface area (Å²) in [7, 11) is 0. The van der Waals surface area contributed by atoms with Crippen molar-refractivity contribution in [3.05, 3.63) is 81.8 Å². The molecule has 0 saturated carbocycles. The van der Waals surface area contributed by atoms with Crippen molar-refractivity contribution < 1.29 is 9.18 Å². The summed E-state index contributed by atoms with van der Waals surface area (Å²) in [6.45, 7) is 0. The van der Waals surface area contributed by atoms with E-state index in [1.165, 1.54) is 34.6 Å². The molecular weight excluding hydrogens is 321 g/mol. The van der Waals surface area contributed by atoms with Crippen LogP contribution in [0.15, 0.2) is 60.0 Å². The van der Waals surface area contributed by atoms with Crippen molar-refractivity contribution in [1.82, 2.24) is 5.32 Å². The molecular formula is C20H16FNOS. The van der Waals surface area contributed by atoms with E-state index in [4.69, 9.17) is 0 Å². The van der Waals surface area contributed by atoms with E-state index >= 15 is 0 Å². The smallest absolute Gasteiger partial charge is 0.262 e. The zero-order valence-electron chi connectivity index (χ0n) is 13.0. The third kappa shape index (κ3) is 2.74. The molecule has 1 aromatic heterocycles. The zero-order valence-corrected chi connectivity index (χ0v) is 13.8. The number of nitrogens with one attached hydrogen (secondary N) is 1. The molecule has 1 aliphatic carbocycles. The van der Waals surface area contributed by atoms with E-state index < -0.39 is 0 Å². The van der Waals surface area contributed by atoms with Gasteiger partial charge in [-0.05, 0) is 53.1 Å². The lowest BCUT2D eigenvalue weighted by molar-refractivity contribution is 0.0941. The van der Waals surface area contributed by atoms with Crippen molar-refractivity contribution in [3.63, 3.8) is 0 Å². The van der Waals surface area contributed by atoms with Crippen molar-refractivity contribution in [2.75, 3.05) is 0 Å². The van der Waals surface area contributed by atoms with Gasteiger partial charge in [0.1, 0.15) is 5.82 Å². The van der Waals surface area contributed by atoms with E-state index in [2.05, 4.69) is 17.4 Å². The van der Waals surface area contributed by atoms with Crippen LogP contribution in [0, 0.1) is 5.82 Å². The second kappa shape index (κ2) is 6.21. The molecule has 0 fully saturated rings. The van der Waals surface area contributed by atoms with Gasteiger partial charge in [-0.25, -0.2) is 4.39 Å². The van der Waals surface area contributed by atoms with E-state index in [1.807, 2.05) is 23.6 Å². The summed E-state index contributed by atoms with van der Waals surface area (Å²) in [5.74, 6) is -0.339. The van der Waals surface area contributed by atoms with Crippen LogP contribution in [0.25, 0.3) is 11.1 Å². The maximum absolute atomic E-state index is 13.1. The van der Waals surface area contributed by atoms with Crippen LogP contribution in [0.2, 0.25) is 0 Å². The van der Waals surface area contributed by atoms with Crippen LogP contribution in [0.5, 0.6) is 0 Å². The zero-order chi connectivity index (χ0) is 16.5. The summed E-state index contributed by atoms with van der Waals surface area (Å²) in [5.41, 5.74) is 4.23. The average Bonchev–Trinajstić information content (AvgIpc) is 3.23. The number of rotatable bonds is 3. The number of halogens is 1. The summed E-state index contributed by atoms with van der Waals surface area (Å²) in [4.78, 5) is 13.4. The number of benzene rings is 2. The molecule has 0 bridgehead atoms. The molecule has 1 N–H and O–H groups in total. The molecule has 3 aromatic rings. The summed E-state index contributed by atoms with van der Waals surface area (Å²) < 4.78 is 13.1. The number of aryl methyl sites for hydroxylation is 1. The van der Waals surface area contributed by atoms with Crippen LogP contribution >= 0.6 is 11.3 Å². The van der Waals surface area contributed by atoms with Crippen LogP contribution in [0.4, 0.5) is 4.39 Å². The van der Waals surface area contributed by atoms with Gasteiger partial charge in [0.25, 0.3) is 5.91 Å². The van der Waals surface area contributed by atoms with E-state index in [1.54, 1.807) is 12.1 Å². The lowest BCUT2D eigenvalue weighted by Gasteiger charge is -2.14. The van der Waals surface area contributed by atoms with Crippen molar-refractivity contribution in [2.24, 2.45) is 0 Å². The molecule has 0 radical (unpaired) electrons. The Bertz CT molecular complexity index is 885. The van der Waals surface area contributed by atoms with Crippen LogP contribution in [0.3, 0.4) is 0 Å². The average molecular weight is 337 g/mol. The predicted octanol–water partition coefficient (Wildman–Crippen LogP) is 4.97. The number of carbonyl (C=O) groups excluding carboxylic acids is 1. The summed E-state index contributed by atoms with van der Waals surface area (Å²) in [5, 5.41) is 5.06. The van der Waals surface area contributed by atoms with Gasteiger partial charge in [0.05, 0.1) is 10.9 Å². The molecule has 1 heterocycles. The van der Waals surface area contributed by atoms with Crippen molar-refractivity contribution in [3.8, 4) is 11.1 Å². The summed E-state index contributed by atoms with van der Waals surface area (Å²) >= 11 is 1.42. The Morgan fingerprint density at radius 1 is 1.08 bits per heavy atom. The highest BCUT2D eigenvalue weighted by molar-refractivity contribution is 7.12. The monoisotopic (exact) mass is 337 g/mol. The Morgan fingerprint density at radius 2 is 1.88 bits per heavy atom. The lowest BCUT2D eigenvalue weighted by Crippen LogP contribution is -2.26. The molecule has 0 aliphatic heterocycles. The van der Waals surface area contributed by atoms with Crippen molar-refractivity contribution in [1.29, 1.82) is 0 Å². The third-order valence-corrected chi connectivity index (χ3v) is 5.38. The molecule has 24 heavy (non-hydrogen) atoms. The minimum Gasteiger partial charge on any atom is -0.344 e. The van der Waals surface area contributed by atoms with Gasteiger partial charge in [0, 0.05) is 5.56 Å². The van der Waals surface area contributed by atoms with Crippen LogP contribution in [-0.4, -0.2) is 5.91 Å². The van der Waals surface area contributed by atoms with Crippen LogP contribution < -0.4 is 5.32 Å². The Kier molecular flexibility index (Phi) is 3.90. The second-order valence-electron chi connectivity index (χ2n) is 5.93. The van der Waals surface area contributed by atoms with Gasteiger partial charge >= 0.3 is 0 Å². The topological polar surface area (TPSA) is 29.1 Å². The fraction of sp³-hybridized carbons (Fsp3) is 0.150. The first-order valence-electron chi connectivity index (χ1n) is 7.94. The minimum absolute atomic E-state index is 0.0639. The van der Waals surface area contributed by atoms with Gasteiger partial charge in [0.2, 0.25) is 0 Å². The molecule has 1 aliphatic rings. The fourth-order valence-corrected chi connectivity index (χ4v) is 4.09. The molecule has 0 unspecified atom stereocenters. The van der Waals surface area contributed by atoms with E-state index in [9.17, 15) is 9.18 Å². The minimum atomic E-state index is -0.275. The fourth-order valence-electron chi connectivity index (χ4n) is 3.27. The SMILES string of the molecule is O=C(N[C@@H]1CCc2ccccc21)c1sccc1-c1ccc(F)cc1. The van der Waals surface area contributed by atoms with E-state index in [0.29, 0.717) is 4.88 Å². The lowest BCUT2D eigenvalue weighted by atomic mass is 10.1. The molecule has 4 rings (SSSR count). The Balaban J connectivity index is 1.58. The molecule has 2 nitrogen and oxygen atoms in total. The van der Waals surface area contributed by atoms with Gasteiger partial charge in [0.15, 0.2) is 0 Å². The van der Waals surface area contributed by atoms with Gasteiger partial charge in [-0.3, -0.25) is 4.79 Å². The number of carbonyl (C=O) groups is 1. The molecule has 0 saturated heterocycles. The van der Waals surface area contributed by atoms with Crippen molar-refractivity contribution in [2.45, 2.75) is 18.9 Å². The maximum Gasteiger partial charge on any atom is 0.262 e. The van der Waals surface area contributed by atoms with Gasteiger partial charge in [-0.1, -0.05) is 36.4 Å². The molecule has 0 spiro atoms.